The summed E-state index contributed by atoms with van der Waals surface area (Å²) in [7, 11) is 0. The topological polar surface area (TPSA) is 93.1 Å². The SMILES string of the molecule is CC(CCC(=O)OCCCCCO)CC(=O)OCCCCCO. The van der Waals surface area contributed by atoms with E-state index in [9.17, 15) is 9.59 Å². The lowest BCUT2D eigenvalue weighted by Gasteiger charge is -2.11. The molecule has 0 saturated heterocycles. The van der Waals surface area contributed by atoms with E-state index < -0.39 is 0 Å². The summed E-state index contributed by atoms with van der Waals surface area (Å²) in [6, 6.07) is 0. The minimum atomic E-state index is -0.238. The fraction of sp³-hybridized carbons (Fsp3) is 0.882. The van der Waals surface area contributed by atoms with Gasteiger partial charge in [-0.25, -0.2) is 0 Å². The average molecular weight is 332 g/mol. The highest BCUT2D eigenvalue weighted by molar-refractivity contribution is 5.70. The summed E-state index contributed by atoms with van der Waals surface area (Å²) in [5, 5.41) is 17.3. The molecule has 0 aromatic heterocycles. The molecule has 1 atom stereocenters. The third-order valence-corrected chi connectivity index (χ3v) is 3.49. The van der Waals surface area contributed by atoms with E-state index in [0.717, 1.165) is 38.5 Å². The number of rotatable bonds is 15. The second-order valence-electron chi connectivity index (χ2n) is 5.86. The van der Waals surface area contributed by atoms with Gasteiger partial charge in [-0.05, 0) is 50.9 Å². The molecule has 0 saturated carbocycles. The van der Waals surface area contributed by atoms with Crippen molar-refractivity contribution in [2.75, 3.05) is 26.4 Å². The maximum absolute atomic E-state index is 11.6. The van der Waals surface area contributed by atoms with Crippen molar-refractivity contribution in [2.24, 2.45) is 5.92 Å². The number of carbonyl (C=O) groups excluding carboxylic acids is 2. The molecule has 6 nitrogen and oxygen atoms in total. The summed E-state index contributed by atoms with van der Waals surface area (Å²) in [6.45, 7) is 3.04. The highest BCUT2D eigenvalue weighted by Gasteiger charge is 2.13. The van der Waals surface area contributed by atoms with Crippen LogP contribution in [0.25, 0.3) is 0 Å². The van der Waals surface area contributed by atoms with Crippen LogP contribution in [0.5, 0.6) is 0 Å². The van der Waals surface area contributed by atoms with Gasteiger partial charge in [0.25, 0.3) is 0 Å². The van der Waals surface area contributed by atoms with Crippen molar-refractivity contribution < 1.29 is 29.3 Å². The zero-order chi connectivity index (χ0) is 17.3. The Hall–Kier alpha value is -1.14. The standard InChI is InChI=1S/C17H32O6/c1-15(14-17(21)23-13-7-3-5-11-19)8-9-16(20)22-12-6-2-4-10-18/h15,18-19H,2-14H2,1H3. The predicted octanol–water partition coefficient (Wildman–Crippen LogP) is 2.20. The Bertz CT molecular complexity index is 305. The van der Waals surface area contributed by atoms with Gasteiger partial charge < -0.3 is 19.7 Å². The van der Waals surface area contributed by atoms with Gasteiger partial charge in [0, 0.05) is 26.1 Å². The van der Waals surface area contributed by atoms with E-state index in [1.807, 2.05) is 6.92 Å². The maximum Gasteiger partial charge on any atom is 0.306 e. The lowest BCUT2D eigenvalue weighted by molar-refractivity contribution is -0.147. The molecule has 0 bridgehead atoms. The molecule has 0 amide bonds. The molecular formula is C17H32O6. The number of unbranched alkanes of at least 4 members (excludes halogenated alkanes) is 4. The minimum Gasteiger partial charge on any atom is -0.466 e. The minimum absolute atomic E-state index is 0.0851. The monoisotopic (exact) mass is 332 g/mol. The first kappa shape index (κ1) is 21.9. The van der Waals surface area contributed by atoms with Gasteiger partial charge in [-0.1, -0.05) is 6.92 Å². The first-order valence-electron chi connectivity index (χ1n) is 8.63. The van der Waals surface area contributed by atoms with Crippen LogP contribution in [0.3, 0.4) is 0 Å². The maximum atomic E-state index is 11.6. The molecule has 0 rings (SSSR count). The van der Waals surface area contributed by atoms with Crippen molar-refractivity contribution in [1.82, 2.24) is 0 Å². The van der Waals surface area contributed by atoms with Gasteiger partial charge in [0.15, 0.2) is 0 Å². The molecule has 0 aromatic carbocycles. The highest BCUT2D eigenvalue weighted by atomic mass is 16.5. The molecule has 0 heterocycles. The summed E-state index contributed by atoms with van der Waals surface area (Å²) < 4.78 is 10.2. The first-order valence-corrected chi connectivity index (χ1v) is 8.63. The zero-order valence-corrected chi connectivity index (χ0v) is 14.3. The third-order valence-electron chi connectivity index (χ3n) is 3.49. The van der Waals surface area contributed by atoms with Crippen LogP contribution in [-0.4, -0.2) is 48.6 Å². The molecule has 23 heavy (non-hydrogen) atoms. The lowest BCUT2D eigenvalue weighted by atomic mass is 10.0. The van der Waals surface area contributed by atoms with Crippen molar-refractivity contribution in [2.45, 2.75) is 64.7 Å². The molecule has 0 aliphatic rings. The highest BCUT2D eigenvalue weighted by Crippen LogP contribution is 2.12. The van der Waals surface area contributed by atoms with Gasteiger partial charge in [0.2, 0.25) is 0 Å². The second-order valence-corrected chi connectivity index (χ2v) is 5.86. The number of aliphatic hydroxyl groups is 2. The Kier molecular flexibility index (Phi) is 15.0. The van der Waals surface area contributed by atoms with Gasteiger partial charge in [0.05, 0.1) is 13.2 Å². The van der Waals surface area contributed by atoms with E-state index >= 15 is 0 Å². The molecule has 0 spiro atoms. The molecule has 0 fully saturated rings. The van der Waals surface area contributed by atoms with Crippen molar-refractivity contribution >= 4 is 11.9 Å². The number of hydrogen-bond donors (Lipinski definition) is 2. The Morgan fingerprint density at radius 3 is 1.87 bits per heavy atom. The first-order chi connectivity index (χ1) is 11.1. The molecular weight excluding hydrogens is 300 g/mol. The Balaban J connectivity index is 3.55. The number of aliphatic hydroxyl groups excluding tert-OH is 2. The molecule has 1 unspecified atom stereocenters. The molecule has 6 heteroatoms. The van der Waals surface area contributed by atoms with E-state index in [4.69, 9.17) is 19.7 Å². The van der Waals surface area contributed by atoms with E-state index in [2.05, 4.69) is 0 Å². The van der Waals surface area contributed by atoms with Crippen LogP contribution >= 0.6 is 0 Å². The van der Waals surface area contributed by atoms with Gasteiger partial charge in [-0.3, -0.25) is 9.59 Å². The van der Waals surface area contributed by atoms with Crippen LogP contribution in [0.4, 0.5) is 0 Å². The Morgan fingerprint density at radius 2 is 1.35 bits per heavy atom. The average Bonchev–Trinajstić information content (AvgIpc) is 2.52. The molecule has 0 radical (unpaired) electrons. The third kappa shape index (κ3) is 15.5. The van der Waals surface area contributed by atoms with Gasteiger partial charge >= 0.3 is 11.9 Å². The largest absolute Gasteiger partial charge is 0.466 e. The number of carbonyl (C=O) groups is 2. The fourth-order valence-corrected chi connectivity index (χ4v) is 2.04. The molecule has 2 N–H and O–H groups in total. The van der Waals surface area contributed by atoms with Crippen LogP contribution in [-0.2, 0) is 19.1 Å². The fourth-order valence-electron chi connectivity index (χ4n) is 2.04. The molecule has 0 aliphatic carbocycles. The summed E-state index contributed by atoms with van der Waals surface area (Å²) in [5.41, 5.74) is 0. The summed E-state index contributed by atoms with van der Waals surface area (Å²) in [6.07, 6.45) is 5.93. The summed E-state index contributed by atoms with van der Waals surface area (Å²) >= 11 is 0. The number of esters is 2. The summed E-state index contributed by atoms with van der Waals surface area (Å²) in [5.74, 6) is -0.390. The smallest absolute Gasteiger partial charge is 0.306 e. The predicted molar refractivity (Wildman–Crippen MR) is 86.8 cm³/mol. The zero-order valence-electron chi connectivity index (χ0n) is 14.3. The van der Waals surface area contributed by atoms with Crippen molar-refractivity contribution in [3.8, 4) is 0 Å². The van der Waals surface area contributed by atoms with Crippen LogP contribution in [0, 0.1) is 5.92 Å². The molecule has 0 aliphatic heterocycles. The molecule has 136 valence electrons. The number of ether oxygens (including phenoxy) is 2. The normalized spacial score (nSPS) is 12.0. The van der Waals surface area contributed by atoms with Crippen molar-refractivity contribution in [1.29, 1.82) is 0 Å². The van der Waals surface area contributed by atoms with E-state index in [-0.39, 0.29) is 31.1 Å². The van der Waals surface area contributed by atoms with Crippen molar-refractivity contribution in [3.05, 3.63) is 0 Å². The number of hydrogen-bond acceptors (Lipinski definition) is 6. The lowest BCUT2D eigenvalue weighted by Crippen LogP contribution is -2.13. The van der Waals surface area contributed by atoms with Gasteiger partial charge in [0.1, 0.15) is 0 Å². The van der Waals surface area contributed by atoms with Crippen LogP contribution in [0.2, 0.25) is 0 Å². The van der Waals surface area contributed by atoms with E-state index in [1.54, 1.807) is 0 Å². The van der Waals surface area contributed by atoms with Gasteiger partial charge in [-0.15, -0.1) is 0 Å². The Labute approximate surface area is 139 Å². The quantitative estimate of drug-likeness (QED) is 0.353. The van der Waals surface area contributed by atoms with Crippen LogP contribution < -0.4 is 0 Å². The van der Waals surface area contributed by atoms with E-state index in [0.29, 0.717) is 32.5 Å². The van der Waals surface area contributed by atoms with Crippen LogP contribution in [0.15, 0.2) is 0 Å². The van der Waals surface area contributed by atoms with E-state index in [1.165, 1.54) is 0 Å². The van der Waals surface area contributed by atoms with Crippen LogP contribution in [0.1, 0.15) is 64.7 Å². The Morgan fingerprint density at radius 1 is 0.826 bits per heavy atom. The summed E-state index contributed by atoms with van der Waals surface area (Å²) in [4.78, 5) is 23.1. The van der Waals surface area contributed by atoms with Gasteiger partial charge in [-0.2, -0.15) is 0 Å². The molecule has 0 aromatic rings. The van der Waals surface area contributed by atoms with Crippen molar-refractivity contribution in [3.63, 3.8) is 0 Å². The second kappa shape index (κ2) is 15.7.